The fourth-order valence-corrected chi connectivity index (χ4v) is 2.33. The summed E-state index contributed by atoms with van der Waals surface area (Å²) in [5.74, 6) is 1.03. The molecule has 0 saturated heterocycles. The second-order valence-electron chi connectivity index (χ2n) is 4.26. The maximum Gasteiger partial charge on any atom is 0.134 e. The third kappa shape index (κ3) is 3.98. The quantitative estimate of drug-likeness (QED) is 0.888. The second-order valence-corrected chi connectivity index (χ2v) is 5.12. The molecule has 0 spiro atoms. The van der Waals surface area contributed by atoms with E-state index in [1.807, 2.05) is 24.3 Å². The molecule has 100 valence electrons. The van der Waals surface area contributed by atoms with Gasteiger partial charge in [0.15, 0.2) is 0 Å². The van der Waals surface area contributed by atoms with Crippen LogP contribution in [-0.2, 0) is 13.0 Å². The molecule has 0 unspecified atom stereocenters. The lowest BCUT2D eigenvalue weighted by Gasteiger charge is -2.10. The SMILES string of the molecule is NCCc1ccc(OCc2cccc(O)c2)c(Br)c1. The van der Waals surface area contributed by atoms with Crippen molar-refractivity contribution in [2.75, 3.05) is 6.54 Å². The summed E-state index contributed by atoms with van der Waals surface area (Å²) >= 11 is 3.49. The highest BCUT2D eigenvalue weighted by molar-refractivity contribution is 9.10. The van der Waals surface area contributed by atoms with E-state index >= 15 is 0 Å². The highest BCUT2D eigenvalue weighted by Gasteiger charge is 2.03. The van der Waals surface area contributed by atoms with Gasteiger partial charge in [-0.2, -0.15) is 0 Å². The molecule has 3 N–H and O–H groups in total. The van der Waals surface area contributed by atoms with E-state index in [2.05, 4.69) is 15.9 Å². The van der Waals surface area contributed by atoms with Gasteiger partial charge in [-0.3, -0.25) is 0 Å². The van der Waals surface area contributed by atoms with Crippen LogP contribution in [0.1, 0.15) is 11.1 Å². The Balaban J connectivity index is 2.03. The third-order valence-corrected chi connectivity index (χ3v) is 3.35. The highest BCUT2D eigenvalue weighted by atomic mass is 79.9. The summed E-state index contributed by atoms with van der Waals surface area (Å²) in [5.41, 5.74) is 7.64. The number of benzene rings is 2. The van der Waals surface area contributed by atoms with Gasteiger partial charge in [0.1, 0.15) is 18.1 Å². The van der Waals surface area contributed by atoms with Crippen molar-refractivity contribution < 1.29 is 9.84 Å². The third-order valence-electron chi connectivity index (χ3n) is 2.73. The van der Waals surface area contributed by atoms with E-state index in [0.717, 1.165) is 22.2 Å². The van der Waals surface area contributed by atoms with Crippen LogP contribution >= 0.6 is 15.9 Å². The van der Waals surface area contributed by atoms with Crippen LogP contribution in [0.2, 0.25) is 0 Å². The van der Waals surface area contributed by atoms with Gasteiger partial charge in [0.2, 0.25) is 0 Å². The van der Waals surface area contributed by atoms with Gasteiger partial charge in [-0.15, -0.1) is 0 Å². The summed E-state index contributed by atoms with van der Waals surface area (Å²) in [6.45, 7) is 1.05. The molecule has 2 aromatic rings. The van der Waals surface area contributed by atoms with E-state index in [4.69, 9.17) is 10.5 Å². The maximum absolute atomic E-state index is 9.38. The van der Waals surface area contributed by atoms with Crippen LogP contribution in [0, 0.1) is 0 Å². The molecule has 0 saturated carbocycles. The average Bonchev–Trinajstić information content (AvgIpc) is 2.38. The summed E-state index contributed by atoms with van der Waals surface area (Å²) in [5, 5.41) is 9.38. The molecule has 0 fully saturated rings. The first kappa shape index (κ1) is 13.9. The second kappa shape index (κ2) is 6.59. The number of phenolic OH excluding ortho intramolecular Hbond substituents is 1. The molecule has 0 heterocycles. The van der Waals surface area contributed by atoms with Gasteiger partial charge in [-0.25, -0.2) is 0 Å². The Kier molecular flexibility index (Phi) is 4.82. The van der Waals surface area contributed by atoms with Crippen LogP contribution in [-0.4, -0.2) is 11.7 Å². The van der Waals surface area contributed by atoms with Crippen molar-refractivity contribution in [3.63, 3.8) is 0 Å². The summed E-state index contributed by atoms with van der Waals surface area (Å²) in [7, 11) is 0. The van der Waals surface area contributed by atoms with Crippen LogP contribution < -0.4 is 10.5 Å². The zero-order valence-corrected chi connectivity index (χ0v) is 12.1. The van der Waals surface area contributed by atoms with Crippen molar-refractivity contribution in [3.8, 4) is 11.5 Å². The minimum absolute atomic E-state index is 0.249. The zero-order chi connectivity index (χ0) is 13.7. The Hall–Kier alpha value is -1.52. The van der Waals surface area contributed by atoms with E-state index < -0.39 is 0 Å². The lowest BCUT2D eigenvalue weighted by Crippen LogP contribution is -2.03. The zero-order valence-electron chi connectivity index (χ0n) is 10.5. The molecular formula is C15H16BrNO2. The summed E-state index contributed by atoms with van der Waals surface area (Å²) in [4.78, 5) is 0. The fourth-order valence-electron chi connectivity index (χ4n) is 1.79. The summed E-state index contributed by atoms with van der Waals surface area (Å²) < 4.78 is 6.64. The van der Waals surface area contributed by atoms with Crippen LogP contribution in [0.25, 0.3) is 0 Å². The predicted molar refractivity (Wildman–Crippen MR) is 79.3 cm³/mol. The van der Waals surface area contributed by atoms with Crippen LogP contribution in [0.3, 0.4) is 0 Å². The first-order valence-corrected chi connectivity index (χ1v) is 6.87. The Labute approximate surface area is 121 Å². The molecule has 0 atom stereocenters. The van der Waals surface area contributed by atoms with Crippen molar-refractivity contribution in [2.24, 2.45) is 5.73 Å². The first-order chi connectivity index (χ1) is 9.19. The standard InChI is InChI=1S/C15H16BrNO2/c16-14-9-11(6-7-17)4-5-15(14)19-10-12-2-1-3-13(18)8-12/h1-5,8-9,18H,6-7,10,17H2. The van der Waals surface area contributed by atoms with Crippen molar-refractivity contribution in [1.29, 1.82) is 0 Å². The molecular weight excluding hydrogens is 306 g/mol. The van der Waals surface area contributed by atoms with Crippen molar-refractivity contribution in [1.82, 2.24) is 0 Å². The minimum Gasteiger partial charge on any atom is -0.508 e. The molecule has 0 aliphatic carbocycles. The average molecular weight is 322 g/mol. The number of hydrogen-bond donors (Lipinski definition) is 2. The number of aromatic hydroxyl groups is 1. The highest BCUT2D eigenvalue weighted by Crippen LogP contribution is 2.27. The van der Waals surface area contributed by atoms with E-state index in [0.29, 0.717) is 13.2 Å². The Morgan fingerprint density at radius 1 is 1.11 bits per heavy atom. The maximum atomic E-state index is 9.38. The van der Waals surface area contributed by atoms with Crippen LogP contribution in [0.15, 0.2) is 46.9 Å². The molecule has 19 heavy (non-hydrogen) atoms. The Morgan fingerprint density at radius 2 is 1.95 bits per heavy atom. The monoisotopic (exact) mass is 321 g/mol. The van der Waals surface area contributed by atoms with Gasteiger partial charge in [0, 0.05) is 0 Å². The van der Waals surface area contributed by atoms with E-state index in [9.17, 15) is 5.11 Å². The number of halogens is 1. The van der Waals surface area contributed by atoms with E-state index in [1.54, 1.807) is 18.2 Å². The number of nitrogens with two attached hydrogens (primary N) is 1. The molecule has 0 aliphatic rings. The minimum atomic E-state index is 0.249. The predicted octanol–water partition coefficient (Wildman–Crippen LogP) is 3.23. The van der Waals surface area contributed by atoms with Crippen LogP contribution in [0.4, 0.5) is 0 Å². The largest absolute Gasteiger partial charge is 0.508 e. The molecule has 0 bridgehead atoms. The number of ether oxygens (including phenoxy) is 1. The lowest BCUT2D eigenvalue weighted by molar-refractivity contribution is 0.303. The number of rotatable bonds is 5. The van der Waals surface area contributed by atoms with Gasteiger partial charge in [0.25, 0.3) is 0 Å². The van der Waals surface area contributed by atoms with Gasteiger partial charge < -0.3 is 15.6 Å². The molecule has 0 aromatic heterocycles. The topological polar surface area (TPSA) is 55.5 Å². The normalized spacial score (nSPS) is 10.4. The van der Waals surface area contributed by atoms with Crippen molar-refractivity contribution in [2.45, 2.75) is 13.0 Å². The van der Waals surface area contributed by atoms with Gasteiger partial charge in [-0.05, 0) is 64.3 Å². The number of phenols is 1. The molecule has 3 nitrogen and oxygen atoms in total. The van der Waals surface area contributed by atoms with Crippen molar-refractivity contribution in [3.05, 3.63) is 58.1 Å². The number of hydrogen-bond acceptors (Lipinski definition) is 3. The Morgan fingerprint density at radius 3 is 2.63 bits per heavy atom. The van der Waals surface area contributed by atoms with Gasteiger partial charge in [-0.1, -0.05) is 18.2 Å². The van der Waals surface area contributed by atoms with Crippen LogP contribution in [0.5, 0.6) is 11.5 Å². The molecule has 0 amide bonds. The molecule has 2 aromatic carbocycles. The molecule has 0 aliphatic heterocycles. The molecule has 4 heteroatoms. The lowest BCUT2D eigenvalue weighted by atomic mass is 10.1. The smallest absolute Gasteiger partial charge is 0.134 e. The summed E-state index contributed by atoms with van der Waals surface area (Å²) in [6.07, 6.45) is 0.853. The van der Waals surface area contributed by atoms with E-state index in [1.165, 1.54) is 5.56 Å². The summed E-state index contributed by atoms with van der Waals surface area (Å²) in [6, 6.07) is 13.0. The fraction of sp³-hybridized carbons (Fsp3) is 0.200. The van der Waals surface area contributed by atoms with Gasteiger partial charge >= 0.3 is 0 Å². The molecule has 2 rings (SSSR count). The van der Waals surface area contributed by atoms with Crippen molar-refractivity contribution >= 4 is 15.9 Å². The molecule has 0 radical (unpaired) electrons. The van der Waals surface area contributed by atoms with E-state index in [-0.39, 0.29) is 5.75 Å². The van der Waals surface area contributed by atoms with Gasteiger partial charge in [0.05, 0.1) is 4.47 Å². The first-order valence-electron chi connectivity index (χ1n) is 6.08. The Bertz CT molecular complexity index is 558.